The van der Waals surface area contributed by atoms with Crippen molar-refractivity contribution in [3.05, 3.63) is 87.2 Å². The van der Waals surface area contributed by atoms with Crippen LogP contribution in [0.4, 0.5) is 0 Å². The topological polar surface area (TPSA) is 15.6 Å². The van der Waals surface area contributed by atoms with E-state index in [-0.39, 0.29) is 0 Å². The standard InChI is InChI=1S/C12H13N.C11H12ClNS/c1-9-8-13-10(2)12(9)11-6-4-3-5-7-11;1-3-8(2)13-5-4-9-6-11(12)14-10(9)7-13/h3-7H,8H2,1-2H3;3,6H,1-2,4-5,7H2. The third-order valence-electron chi connectivity index (χ3n) is 4.90. The first kappa shape index (κ1) is 19.7. The van der Waals surface area contributed by atoms with Crippen molar-refractivity contribution in [3.8, 4) is 0 Å². The molecule has 1 aromatic heterocycles. The van der Waals surface area contributed by atoms with Crippen LogP contribution in [0, 0.1) is 0 Å². The zero-order valence-corrected chi connectivity index (χ0v) is 17.5. The highest BCUT2D eigenvalue weighted by atomic mass is 35.5. The Balaban J connectivity index is 0.000000156. The summed E-state index contributed by atoms with van der Waals surface area (Å²) >= 11 is 7.64. The molecule has 0 N–H and O–H groups in total. The Morgan fingerprint density at radius 1 is 1.26 bits per heavy atom. The van der Waals surface area contributed by atoms with Crippen molar-refractivity contribution in [2.45, 2.75) is 26.8 Å². The highest BCUT2D eigenvalue weighted by Gasteiger charge is 2.18. The molecular formula is C23H25ClN2S. The highest BCUT2D eigenvalue weighted by Crippen LogP contribution is 2.32. The molecule has 3 heterocycles. The molecule has 4 rings (SSSR count). The van der Waals surface area contributed by atoms with Crippen molar-refractivity contribution in [3.63, 3.8) is 0 Å². The summed E-state index contributed by atoms with van der Waals surface area (Å²) in [6.45, 7) is 14.7. The minimum atomic E-state index is 0.871. The molecule has 140 valence electrons. The van der Waals surface area contributed by atoms with Crippen LogP contribution in [-0.4, -0.2) is 23.7 Å². The van der Waals surface area contributed by atoms with E-state index in [0.717, 1.165) is 36.1 Å². The predicted molar refractivity (Wildman–Crippen MR) is 120 cm³/mol. The van der Waals surface area contributed by atoms with Gasteiger partial charge in [-0.1, -0.05) is 55.1 Å². The first-order valence-electron chi connectivity index (χ1n) is 9.09. The van der Waals surface area contributed by atoms with E-state index >= 15 is 0 Å². The Hall–Kier alpha value is -2.10. The number of hydrogen-bond acceptors (Lipinski definition) is 3. The number of aliphatic imine (C=N–C) groups is 1. The van der Waals surface area contributed by atoms with Gasteiger partial charge in [0, 0.05) is 28.4 Å². The maximum Gasteiger partial charge on any atom is 0.0934 e. The molecule has 0 unspecified atom stereocenters. The van der Waals surface area contributed by atoms with Crippen molar-refractivity contribution < 1.29 is 0 Å². The summed E-state index contributed by atoms with van der Waals surface area (Å²) in [5.41, 5.74) is 7.57. The molecule has 2 aliphatic heterocycles. The quantitative estimate of drug-likeness (QED) is 0.548. The van der Waals surface area contributed by atoms with E-state index in [1.165, 1.54) is 32.9 Å². The van der Waals surface area contributed by atoms with Crippen LogP contribution in [0.2, 0.25) is 4.34 Å². The molecule has 4 heteroatoms. The van der Waals surface area contributed by atoms with E-state index in [2.05, 4.69) is 67.2 Å². The summed E-state index contributed by atoms with van der Waals surface area (Å²) in [6.07, 6.45) is 2.87. The van der Waals surface area contributed by atoms with Crippen molar-refractivity contribution in [1.82, 2.24) is 4.90 Å². The lowest BCUT2D eigenvalue weighted by Crippen LogP contribution is -2.27. The Labute approximate surface area is 171 Å². The van der Waals surface area contributed by atoms with Gasteiger partial charge in [-0.2, -0.15) is 0 Å². The fourth-order valence-corrected chi connectivity index (χ4v) is 4.78. The summed E-state index contributed by atoms with van der Waals surface area (Å²) in [5.74, 6) is 0. The highest BCUT2D eigenvalue weighted by molar-refractivity contribution is 7.16. The van der Waals surface area contributed by atoms with Crippen LogP contribution in [0.15, 0.2) is 71.9 Å². The van der Waals surface area contributed by atoms with Gasteiger partial charge >= 0.3 is 0 Å². The Kier molecular flexibility index (Phi) is 6.35. The molecule has 0 fully saturated rings. The Morgan fingerprint density at radius 3 is 2.63 bits per heavy atom. The van der Waals surface area contributed by atoms with Gasteiger partial charge in [-0.25, -0.2) is 0 Å². The van der Waals surface area contributed by atoms with E-state index in [1.54, 1.807) is 17.4 Å². The average Bonchev–Trinajstić information content (AvgIpc) is 3.22. The van der Waals surface area contributed by atoms with E-state index in [9.17, 15) is 0 Å². The summed E-state index contributed by atoms with van der Waals surface area (Å²) < 4.78 is 0.890. The number of benzene rings is 1. The second-order valence-electron chi connectivity index (χ2n) is 6.79. The smallest absolute Gasteiger partial charge is 0.0934 e. The normalized spacial score (nSPS) is 15.7. The van der Waals surface area contributed by atoms with Gasteiger partial charge in [-0.3, -0.25) is 4.99 Å². The molecule has 27 heavy (non-hydrogen) atoms. The van der Waals surface area contributed by atoms with Crippen LogP contribution >= 0.6 is 22.9 Å². The second kappa shape index (κ2) is 8.73. The Morgan fingerprint density at radius 2 is 2.00 bits per heavy atom. The fourth-order valence-electron chi connectivity index (χ4n) is 3.42. The predicted octanol–water partition coefficient (Wildman–Crippen LogP) is 6.39. The van der Waals surface area contributed by atoms with Gasteiger partial charge in [0.15, 0.2) is 0 Å². The van der Waals surface area contributed by atoms with Crippen LogP contribution in [0.3, 0.4) is 0 Å². The van der Waals surface area contributed by atoms with Crippen molar-refractivity contribution in [2.75, 3.05) is 13.1 Å². The molecule has 0 bridgehead atoms. The minimum absolute atomic E-state index is 0.871. The van der Waals surface area contributed by atoms with E-state index in [1.807, 2.05) is 6.07 Å². The largest absolute Gasteiger partial charge is 0.367 e. The zero-order chi connectivity index (χ0) is 19.4. The lowest BCUT2D eigenvalue weighted by Gasteiger charge is -2.28. The van der Waals surface area contributed by atoms with Crippen molar-refractivity contribution in [1.29, 1.82) is 0 Å². The van der Waals surface area contributed by atoms with Crippen LogP contribution in [0.1, 0.15) is 29.9 Å². The molecule has 0 saturated carbocycles. The first-order chi connectivity index (χ1) is 13.0. The van der Waals surface area contributed by atoms with Gasteiger partial charge in [-0.15, -0.1) is 11.3 Å². The Bertz CT molecular complexity index is 906. The van der Waals surface area contributed by atoms with Gasteiger partial charge in [0.25, 0.3) is 0 Å². The third-order valence-corrected chi connectivity index (χ3v) is 6.19. The SMILES string of the molecule is C=CC(=C)N1CCc2cc(Cl)sc2C1.CC1=NCC(C)=C1c1ccccc1. The van der Waals surface area contributed by atoms with Crippen molar-refractivity contribution >= 4 is 34.2 Å². The number of halogens is 1. The molecule has 2 nitrogen and oxygen atoms in total. The molecule has 1 aromatic carbocycles. The van der Waals surface area contributed by atoms with Crippen LogP contribution in [0.5, 0.6) is 0 Å². The maximum absolute atomic E-state index is 5.97. The van der Waals surface area contributed by atoms with Gasteiger partial charge in [-0.05, 0) is 49.1 Å². The average molecular weight is 397 g/mol. The number of hydrogen-bond donors (Lipinski definition) is 0. The molecule has 0 aliphatic carbocycles. The third kappa shape index (κ3) is 4.60. The van der Waals surface area contributed by atoms with Crippen LogP contribution in [-0.2, 0) is 13.0 Å². The summed E-state index contributed by atoms with van der Waals surface area (Å²) in [4.78, 5) is 8.02. The van der Waals surface area contributed by atoms with Gasteiger partial charge in [0.2, 0.25) is 0 Å². The van der Waals surface area contributed by atoms with Crippen molar-refractivity contribution in [2.24, 2.45) is 4.99 Å². The van der Waals surface area contributed by atoms with Gasteiger partial charge in [0.1, 0.15) is 0 Å². The molecule has 0 amide bonds. The minimum Gasteiger partial charge on any atom is -0.367 e. The lowest BCUT2D eigenvalue weighted by atomic mass is 9.99. The summed E-state index contributed by atoms with van der Waals surface area (Å²) in [6, 6.07) is 12.5. The van der Waals surface area contributed by atoms with E-state index < -0.39 is 0 Å². The maximum atomic E-state index is 5.97. The number of rotatable bonds is 3. The molecule has 0 radical (unpaired) electrons. The lowest BCUT2D eigenvalue weighted by molar-refractivity contribution is 0.338. The van der Waals surface area contributed by atoms with Crippen LogP contribution in [0.25, 0.3) is 5.57 Å². The summed E-state index contributed by atoms with van der Waals surface area (Å²) in [5, 5.41) is 0. The van der Waals surface area contributed by atoms with E-state index in [4.69, 9.17) is 11.6 Å². The molecule has 0 saturated heterocycles. The number of allylic oxidation sites excluding steroid dienone is 2. The number of fused-ring (bicyclic) bond motifs is 1. The molecule has 2 aromatic rings. The molecule has 0 spiro atoms. The monoisotopic (exact) mass is 396 g/mol. The molecule has 2 aliphatic rings. The van der Waals surface area contributed by atoms with Gasteiger partial charge in [0.05, 0.1) is 17.4 Å². The molecule has 0 atom stereocenters. The van der Waals surface area contributed by atoms with Gasteiger partial charge < -0.3 is 4.90 Å². The number of nitrogens with zero attached hydrogens (tertiary/aromatic N) is 2. The second-order valence-corrected chi connectivity index (χ2v) is 8.56. The summed E-state index contributed by atoms with van der Waals surface area (Å²) in [7, 11) is 0. The zero-order valence-electron chi connectivity index (χ0n) is 16.0. The van der Waals surface area contributed by atoms with Crippen LogP contribution < -0.4 is 0 Å². The van der Waals surface area contributed by atoms with E-state index in [0.29, 0.717) is 0 Å². The fraction of sp³-hybridized carbons (Fsp3) is 0.261. The first-order valence-corrected chi connectivity index (χ1v) is 10.3. The number of thiophene rings is 1. The molecular weight excluding hydrogens is 372 g/mol.